The predicted molar refractivity (Wildman–Crippen MR) is 134 cm³/mol. The molecule has 3 aromatic rings. The first kappa shape index (κ1) is 24.2. The molecule has 1 fully saturated rings. The third-order valence-corrected chi connectivity index (χ3v) is 10.4. The van der Waals surface area contributed by atoms with E-state index in [4.69, 9.17) is 18.0 Å². The summed E-state index contributed by atoms with van der Waals surface area (Å²) in [4.78, 5) is 18.0. The van der Waals surface area contributed by atoms with Crippen LogP contribution in [0.2, 0.25) is 4.34 Å². The number of terminal acetylenes is 1. The van der Waals surface area contributed by atoms with Crippen molar-refractivity contribution < 1.29 is 13.2 Å². The van der Waals surface area contributed by atoms with Crippen molar-refractivity contribution >= 4 is 60.4 Å². The molecular weight excluding hydrogens is 498 g/mol. The third kappa shape index (κ3) is 4.96. The van der Waals surface area contributed by atoms with Crippen LogP contribution in [-0.4, -0.2) is 36.3 Å². The standard InChI is InChI=1S/C23H24ClN3O3S3/c1-4-11-27-18-6-5-17(15(2)3)14-19(18)31-23(27)25-22(28)16-9-12-26(13-10-16)33(29,30)21-8-7-20(24)32-21/h1,5-8,14-16H,9-13H2,2-3H3. The number of thiazole rings is 1. The van der Waals surface area contributed by atoms with Crippen LogP contribution in [0.5, 0.6) is 0 Å². The van der Waals surface area contributed by atoms with Crippen molar-refractivity contribution in [3.05, 3.63) is 45.0 Å². The highest BCUT2D eigenvalue weighted by Crippen LogP contribution is 2.31. The first-order valence-corrected chi connectivity index (χ1v) is 14.1. The Morgan fingerprint density at radius 3 is 2.58 bits per heavy atom. The lowest BCUT2D eigenvalue weighted by molar-refractivity contribution is -0.122. The Balaban J connectivity index is 1.55. The molecule has 3 heterocycles. The average Bonchev–Trinajstić information content (AvgIpc) is 3.38. The molecule has 0 spiro atoms. The van der Waals surface area contributed by atoms with Gasteiger partial charge in [0.15, 0.2) is 4.80 Å². The van der Waals surface area contributed by atoms with Crippen molar-refractivity contribution in [2.75, 3.05) is 13.1 Å². The van der Waals surface area contributed by atoms with E-state index >= 15 is 0 Å². The van der Waals surface area contributed by atoms with E-state index in [0.29, 0.717) is 34.4 Å². The van der Waals surface area contributed by atoms with Crippen LogP contribution in [0.4, 0.5) is 0 Å². The number of carbonyl (C=O) groups excluding carboxylic acids is 1. The number of nitrogens with zero attached hydrogens (tertiary/aromatic N) is 3. The van der Waals surface area contributed by atoms with E-state index in [0.717, 1.165) is 21.6 Å². The molecule has 2 aromatic heterocycles. The van der Waals surface area contributed by atoms with Crippen LogP contribution >= 0.6 is 34.3 Å². The van der Waals surface area contributed by atoms with E-state index in [-0.39, 0.29) is 29.1 Å². The van der Waals surface area contributed by atoms with Gasteiger partial charge in [0, 0.05) is 19.0 Å². The molecule has 0 bridgehead atoms. The predicted octanol–water partition coefficient (Wildman–Crippen LogP) is 4.70. The van der Waals surface area contributed by atoms with Crippen LogP contribution in [0.15, 0.2) is 39.5 Å². The quantitative estimate of drug-likeness (QED) is 0.457. The van der Waals surface area contributed by atoms with Gasteiger partial charge in [-0.05, 0) is 48.6 Å². The normalized spacial score (nSPS) is 16.5. The Morgan fingerprint density at radius 2 is 1.97 bits per heavy atom. The van der Waals surface area contributed by atoms with E-state index in [1.807, 2.05) is 10.6 Å². The molecule has 0 N–H and O–H groups in total. The minimum atomic E-state index is -3.59. The van der Waals surface area contributed by atoms with E-state index in [1.54, 1.807) is 6.07 Å². The van der Waals surface area contributed by atoms with Gasteiger partial charge in [0.05, 0.1) is 21.1 Å². The van der Waals surface area contributed by atoms with Crippen molar-refractivity contribution in [3.8, 4) is 12.3 Å². The molecule has 1 saturated heterocycles. The fourth-order valence-corrected chi connectivity index (χ4v) is 8.06. The zero-order valence-electron chi connectivity index (χ0n) is 18.3. The number of fused-ring (bicyclic) bond motifs is 1. The summed E-state index contributed by atoms with van der Waals surface area (Å²) in [6, 6.07) is 9.33. The molecule has 4 rings (SSSR count). The van der Waals surface area contributed by atoms with E-state index in [2.05, 4.69) is 36.9 Å². The number of carbonyl (C=O) groups is 1. The minimum Gasteiger partial charge on any atom is -0.305 e. The van der Waals surface area contributed by atoms with Gasteiger partial charge < -0.3 is 4.57 Å². The zero-order chi connectivity index (χ0) is 23.8. The molecule has 0 saturated carbocycles. The first-order chi connectivity index (χ1) is 15.7. The number of amides is 1. The average molecular weight is 522 g/mol. The molecule has 0 radical (unpaired) electrons. The van der Waals surface area contributed by atoms with Gasteiger partial charge in [-0.15, -0.1) is 17.8 Å². The number of thiophene rings is 1. The molecule has 1 amide bonds. The fraction of sp³-hybridized carbons (Fsp3) is 0.391. The topological polar surface area (TPSA) is 71.7 Å². The Labute approximate surface area is 206 Å². The molecule has 0 unspecified atom stereocenters. The molecule has 33 heavy (non-hydrogen) atoms. The zero-order valence-corrected chi connectivity index (χ0v) is 21.5. The highest BCUT2D eigenvalue weighted by Gasteiger charge is 2.33. The monoisotopic (exact) mass is 521 g/mol. The number of rotatable bonds is 5. The van der Waals surface area contributed by atoms with Crippen molar-refractivity contribution in [1.82, 2.24) is 8.87 Å². The summed E-state index contributed by atoms with van der Waals surface area (Å²) >= 11 is 8.40. The maximum Gasteiger partial charge on any atom is 0.252 e. The number of hydrogen-bond donors (Lipinski definition) is 0. The van der Waals surface area contributed by atoms with Gasteiger partial charge in [0.2, 0.25) is 0 Å². The molecular formula is C23H24ClN3O3S3. The van der Waals surface area contributed by atoms with Crippen LogP contribution in [0.3, 0.4) is 0 Å². The summed E-state index contributed by atoms with van der Waals surface area (Å²) in [7, 11) is -3.59. The van der Waals surface area contributed by atoms with Crippen LogP contribution in [0.25, 0.3) is 10.2 Å². The summed E-state index contributed by atoms with van der Waals surface area (Å²) in [5, 5.41) is 0. The summed E-state index contributed by atoms with van der Waals surface area (Å²) < 4.78 is 30.6. The number of piperidine rings is 1. The van der Waals surface area contributed by atoms with Gasteiger partial charge in [0.1, 0.15) is 4.21 Å². The van der Waals surface area contributed by atoms with E-state index in [1.165, 1.54) is 27.3 Å². The van der Waals surface area contributed by atoms with Gasteiger partial charge in [-0.1, -0.05) is 48.8 Å². The summed E-state index contributed by atoms with van der Waals surface area (Å²) in [6.45, 7) is 5.15. The Kier molecular flexibility index (Phi) is 7.12. The number of halogens is 1. The first-order valence-electron chi connectivity index (χ1n) is 10.6. The van der Waals surface area contributed by atoms with Gasteiger partial charge >= 0.3 is 0 Å². The molecule has 1 aromatic carbocycles. The van der Waals surface area contributed by atoms with Gasteiger partial charge in [-0.25, -0.2) is 8.42 Å². The van der Waals surface area contributed by atoms with Crippen LogP contribution < -0.4 is 4.80 Å². The molecule has 6 nitrogen and oxygen atoms in total. The van der Waals surface area contributed by atoms with Gasteiger partial charge in [-0.3, -0.25) is 4.79 Å². The second-order valence-electron chi connectivity index (χ2n) is 8.24. The molecule has 1 aliphatic rings. The SMILES string of the molecule is C#CCn1c(=NC(=O)C2CCN(S(=O)(=O)c3ccc(Cl)s3)CC2)sc2cc(C(C)C)ccc21. The van der Waals surface area contributed by atoms with Crippen LogP contribution in [0, 0.1) is 18.3 Å². The Bertz CT molecular complexity index is 1400. The Hall–Kier alpha value is -1.96. The lowest BCUT2D eigenvalue weighted by Crippen LogP contribution is -2.40. The molecule has 1 aliphatic heterocycles. The van der Waals surface area contributed by atoms with Crippen molar-refractivity contribution in [3.63, 3.8) is 0 Å². The second-order valence-corrected chi connectivity index (χ2v) is 13.1. The molecule has 174 valence electrons. The van der Waals surface area contributed by atoms with E-state index < -0.39 is 10.0 Å². The number of hydrogen-bond acceptors (Lipinski definition) is 5. The lowest BCUT2D eigenvalue weighted by atomic mass is 9.98. The van der Waals surface area contributed by atoms with Crippen molar-refractivity contribution in [2.24, 2.45) is 10.9 Å². The lowest BCUT2D eigenvalue weighted by Gasteiger charge is -2.29. The number of sulfonamides is 1. The number of aromatic nitrogens is 1. The van der Waals surface area contributed by atoms with E-state index in [9.17, 15) is 13.2 Å². The van der Waals surface area contributed by atoms with Crippen LogP contribution in [-0.2, 0) is 21.4 Å². The summed E-state index contributed by atoms with van der Waals surface area (Å²) in [5.41, 5.74) is 2.18. The third-order valence-electron chi connectivity index (χ3n) is 5.77. The highest BCUT2D eigenvalue weighted by molar-refractivity contribution is 7.91. The second kappa shape index (κ2) is 9.72. The Morgan fingerprint density at radius 1 is 1.24 bits per heavy atom. The number of benzene rings is 1. The maximum atomic E-state index is 13.0. The van der Waals surface area contributed by atoms with Crippen LogP contribution in [0.1, 0.15) is 38.2 Å². The summed E-state index contributed by atoms with van der Waals surface area (Å²) in [6.07, 6.45) is 6.43. The summed E-state index contributed by atoms with van der Waals surface area (Å²) in [5.74, 6) is 2.49. The largest absolute Gasteiger partial charge is 0.305 e. The highest BCUT2D eigenvalue weighted by atomic mass is 35.5. The molecule has 0 aliphatic carbocycles. The van der Waals surface area contributed by atoms with Gasteiger partial charge in [-0.2, -0.15) is 9.30 Å². The molecule has 10 heteroatoms. The van der Waals surface area contributed by atoms with Crippen molar-refractivity contribution in [1.29, 1.82) is 0 Å². The van der Waals surface area contributed by atoms with Gasteiger partial charge in [0.25, 0.3) is 15.9 Å². The fourth-order valence-electron chi connectivity index (χ4n) is 3.87. The smallest absolute Gasteiger partial charge is 0.252 e. The minimum absolute atomic E-state index is 0.225. The molecule has 0 atom stereocenters. The maximum absolute atomic E-state index is 13.0. The van der Waals surface area contributed by atoms with Crippen molar-refractivity contribution in [2.45, 2.75) is 43.4 Å².